The fourth-order valence-corrected chi connectivity index (χ4v) is 4.81. The van der Waals surface area contributed by atoms with Gasteiger partial charge in [-0.15, -0.1) is 13.2 Å². The number of alkyl halides is 3. The van der Waals surface area contributed by atoms with Gasteiger partial charge in [0.1, 0.15) is 0 Å². The van der Waals surface area contributed by atoms with E-state index < -0.39 is 16.0 Å². The predicted molar refractivity (Wildman–Crippen MR) is 69.1 cm³/mol. The molecule has 1 heterocycles. The van der Waals surface area contributed by atoms with Crippen LogP contribution in [-0.2, 0) is 5.51 Å². The molecule has 0 radical (unpaired) electrons. The summed E-state index contributed by atoms with van der Waals surface area (Å²) in [6.07, 6.45) is 2.89. The minimum absolute atomic E-state index is 0. The molecule has 1 aliphatic rings. The van der Waals surface area contributed by atoms with Gasteiger partial charge in [-0.25, -0.2) is 0 Å². The molecule has 0 N–H and O–H groups in total. The Hall–Kier alpha value is -0.740. The fourth-order valence-electron chi connectivity index (χ4n) is 2.58. The average Bonchev–Trinajstić information content (AvgIpc) is 2.54. The van der Waals surface area contributed by atoms with E-state index >= 15 is 0 Å². The van der Waals surface area contributed by atoms with Crippen molar-refractivity contribution in [1.29, 1.82) is 0 Å². The normalized spacial score (nSPS) is 17.2. The van der Waals surface area contributed by atoms with Crippen LogP contribution in [0.5, 0.6) is 0 Å². The van der Waals surface area contributed by atoms with Crippen LogP contribution in [0.3, 0.4) is 0 Å². The Labute approximate surface area is 119 Å². The summed E-state index contributed by atoms with van der Waals surface area (Å²) in [6, 6.07) is 7.07. The number of benzene rings is 1. The van der Waals surface area contributed by atoms with Gasteiger partial charge in [-0.2, -0.15) is 0 Å². The maximum Gasteiger partial charge on any atom is 0.600 e. The van der Waals surface area contributed by atoms with Gasteiger partial charge in [0.15, 0.2) is 9.58 Å². The second kappa shape index (κ2) is 4.98. The maximum absolute atomic E-state index is 13.3. The van der Waals surface area contributed by atoms with Crippen LogP contribution in [0.2, 0.25) is 0 Å². The van der Waals surface area contributed by atoms with Gasteiger partial charge < -0.3 is 12.4 Å². The number of rotatable bonds is 1. The molecule has 1 atom stereocenters. The molecule has 0 spiro atoms. The first-order valence-corrected chi connectivity index (χ1v) is 7.33. The lowest BCUT2D eigenvalue weighted by Gasteiger charge is -2.21. The summed E-state index contributed by atoms with van der Waals surface area (Å²) < 4.78 is 40.4. The van der Waals surface area contributed by atoms with E-state index in [2.05, 4.69) is 0 Å². The predicted octanol–water partition coefficient (Wildman–Crippen LogP) is 2.65. The number of hydrogen-bond acceptors (Lipinski definition) is 0. The highest BCUT2D eigenvalue weighted by Crippen LogP contribution is 2.56. The van der Waals surface area contributed by atoms with E-state index in [4.69, 9.17) is 0 Å². The van der Waals surface area contributed by atoms with Gasteiger partial charge in [0.25, 0.3) is 0 Å². The summed E-state index contributed by atoms with van der Waals surface area (Å²) in [4.78, 5) is 0.623. The highest BCUT2D eigenvalue weighted by Gasteiger charge is 2.50. The van der Waals surface area contributed by atoms with Crippen LogP contribution >= 0.6 is 10.5 Å². The standard InChI is InChI=1S/C14H14F3S.ClH/c1-9-4-2-7-12-11(9)8-13(10-5-3-6-10)18(12)14(15,16)17;/h2,4,7-8,10H,3,5-6H2,1H3;1H/q+1;/p-1. The highest BCUT2D eigenvalue weighted by atomic mass is 35.5. The largest absolute Gasteiger partial charge is 1.00 e. The Morgan fingerprint density at radius 2 is 1.89 bits per heavy atom. The molecular formula is C14H14ClF3S. The molecule has 1 aliphatic carbocycles. The van der Waals surface area contributed by atoms with Gasteiger partial charge >= 0.3 is 5.51 Å². The zero-order valence-electron chi connectivity index (χ0n) is 10.4. The Kier molecular flexibility index (Phi) is 3.85. The molecule has 0 saturated heterocycles. The van der Waals surface area contributed by atoms with E-state index in [1.165, 1.54) is 0 Å². The zero-order valence-corrected chi connectivity index (χ0v) is 12.0. The third kappa shape index (κ3) is 2.36. The van der Waals surface area contributed by atoms with Crippen LogP contribution in [-0.4, -0.2) is 0 Å². The van der Waals surface area contributed by atoms with Crippen molar-refractivity contribution in [3.8, 4) is 0 Å². The van der Waals surface area contributed by atoms with Crippen LogP contribution in [0.4, 0.5) is 13.2 Å². The number of hydrogen-bond donors (Lipinski definition) is 0. The highest BCUT2D eigenvalue weighted by molar-refractivity contribution is 7.38. The van der Waals surface area contributed by atoms with E-state index in [0.29, 0.717) is 9.58 Å². The molecule has 0 amide bonds. The molecule has 1 fully saturated rings. The van der Waals surface area contributed by atoms with Crippen molar-refractivity contribution in [1.82, 2.24) is 0 Å². The van der Waals surface area contributed by atoms with Crippen LogP contribution < -0.4 is 12.4 Å². The van der Waals surface area contributed by atoms with Crippen molar-refractivity contribution in [2.75, 3.05) is 0 Å². The number of aryl methyl sites for hydroxylation is 1. The molecule has 0 bridgehead atoms. The van der Waals surface area contributed by atoms with Gasteiger partial charge in [-0.05, 0) is 31.4 Å². The molecule has 2 aromatic rings. The summed E-state index contributed by atoms with van der Waals surface area (Å²) in [5, 5.41) is 0.806. The lowest BCUT2D eigenvalue weighted by molar-refractivity contribution is -0.0868. The van der Waals surface area contributed by atoms with Gasteiger partial charge in [-0.3, -0.25) is 0 Å². The average molecular weight is 307 g/mol. The van der Waals surface area contributed by atoms with Gasteiger partial charge in [0.2, 0.25) is 0 Å². The quantitative estimate of drug-likeness (QED) is 0.711. The van der Waals surface area contributed by atoms with Gasteiger partial charge in [0, 0.05) is 17.4 Å². The van der Waals surface area contributed by atoms with Crippen molar-refractivity contribution in [2.24, 2.45) is 0 Å². The first-order chi connectivity index (χ1) is 8.48. The maximum atomic E-state index is 13.3. The first kappa shape index (κ1) is 14.7. The molecule has 104 valence electrons. The second-order valence-electron chi connectivity index (χ2n) is 4.91. The van der Waals surface area contributed by atoms with Crippen LogP contribution in [0.1, 0.15) is 35.6 Å². The monoisotopic (exact) mass is 306 g/mol. The summed E-state index contributed by atoms with van der Waals surface area (Å²) in [7, 11) is -1.69. The van der Waals surface area contributed by atoms with Crippen molar-refractivity contribution in [2.45, 2.75) is 37.6 Å². The Bertz CT molecular complexity index is 596. The summed E-state index contributed by atoms with van der Waals surface area (Å²) in [5.41, 5.74) is -3.19. The van der Waals surface area contributed by atoms with Crippen LogP contribution in [0.25, 0.3) is 10.1 Å². The number of thiophene rings is 1. The van der Waals surface area contributed by atoms with Crippen LogP contribution in [0, 0.1) is 6.92 Å². The van der Waals surface area contributed by atoms with Crippen molar-refractivity contribution in [3.63, 3.8) is 0 Å². The molecular weight excluding hydrogens is 293 g/mol. The van der Waals surface area contributed by atoms with Gasteiger partial charge in [0.05, 0.1) is 10.5 Å². The van der Waals surface area contributed by atoms with Crippen LogP contribution in [0.15, 0.2) is 24.3 Å². The fraction of sp³-hybridized carbons (Fsp3) is 0.429. The first-order valence-electron chi connectivity index (χ1n) is 6.11. The van der Waals surface area contributed by atoms with E-state index in [1.807, 2.05) is 19.1 Å². The van der Waals surface area contributed by atoms with E-state index in [1.54, 1.807) is 12.1 Å². The molecule has 5 heteroatoms. The molecule has 0 aliphatic heterocycles. The summed E-state index contributed by atoms with van der Waals surface area (Å²) >= 11 is 0. The lowest BCUT2D eigenvalue weighted by atomic mass is 9.84. The van der Waals surface area contributed by atoms with Crippen molar-refractivity contribution >= 4 is 20.6 Å². The van der Waals surface area contributed by atoms with Gasteiger partial charge in [-0.1, -0.05) is 18.6 Å². The zero-order chi connectivity index (χ0) is 12.9. The Morgan fingerprint density at radius 3 is 2.42 bits per heavy atom. The Morgan fingerprint density at radius 1 is 1.21 bits per heavy atom. The van der Waals surface area contributed by atoms with E-state index in [9.17, 15) is 13.2 Å². The number of fused-ring (bicyclic) bond motifs is 1. The minimum Gasteiger partial charge on any atom is -1.00 e. The second-order valence-corrected chi connectivity index (χ2v) is 6.90. The minimum atomic E-state index is -4.14. The van der Waals surface area contributed by atoms with Crippen molar-refractivity contribution < 1.29 is 25.6 Å². The molecule has 1 unspecified atom stereocenters. The third-order valence-electron chi connectivity index (χ3n) is 3.77. The third-order valence-corrected chi connectivity index (χ3v) is 5.95. The topological polar surface area (TPSA) is 0 Å². The van der Waals surface area contributed by atoms with E-state index in [-0.39, 0.29) is 18.3 Å². The summed E-state index contributed by atoms with van der Waals surface area (Å²) in [6.45, 7) is 1.89. The molecule has 1 aromatic carbocycles. The smallest absolute Gasteiger partial charge is 0.600 e. The number of halogens is 4. The Balaban J connectivity index is 0.00000133. The SMILES string of the molecule is Cc1cccc2c1cc(C1CCC1)[s+]2C(F)(F)F.[Cl-]. The van der Waals surface area contributed by atoms with E-state index in [0.717, 1.165) is 30.2 Å². The lowest BCUT2D eigenvalue weighted by Crippen LogP contribution is -3.00. The molecule has 19 heavy (non-hydrogen) atoms. The molecule has 0 nitrogen and oxygen atoms in total. The molecule has 1 aromatic heterocycles. The van der Waals surface area contributed by atoms with Crippen molar-refractivity contribution in [3.05, 3.63) is 34.7 Å². The molecule has 3 rings (SSSR count). The molecule has 1 saturated carbocycles. The summed E-state index contributed by atoms with van der Waals surface area (Å²) in [5.74, 6) is 0.154.